The molecule has 1 saturated carbocycles. The standard InChI is InChI=1S/C15H24N4/c1-15(2)7-4-11(5-8-15)19(3)12-6-9-18-13(10-12)14(16)17/h6,9-11H,4-5,7-8H2,1-3H3,(H3,16,17). The lowest BCUT2D eigenvalue weighted by atomic mass is 9.75. The molecule has 1 fully saturated rings. The SMILES string of the molecule is CN(c1ccnc(C(=N)N)c1)C1CCC(C)(C)CC1. The molecule has 0 radical (unpaired) electrons. The van der Waals surface area contributed by atoms with Crippen LogP contribution in [-0.4, -0.2) is 23.9 Å². The summed E-state index contributed by atoms with van der Waals surface area (Å²) in [6.07, 6.45) is 6.72. The minimum atomic E-state index is 0.0278. The number of pyridine rings is 1. The lowest BCUT2D eigenvalue weighted by Gasteiger charge is -2.39. The molecule has 1 aromatic rings. The smallest absolute Gasteiger partial charge is 0.141 e. The number of nitrogens with one attached hydrogen (secondary N) is 1. The van der Waals surface area contributed by atoms with Gasteiger partial charge in [-0.15, -0.1) is 0 Å². The lowest BCUT2D eigenvalue weighted by Crippen LogP contribution is -2.37. The summed E-state index contributed by atoms with van der Waals surface area (Å²) in [7, 11) is 2.13. The molecule has 4 nitrogen and oxygen atoms in total. The zero-order valence-electron chi connectivity index (χ0n) is 12.1. The Balaban J connectivity index is 2.10. The highest BCUT2D eigenvalue weighted by molar-refractivity contribution is 5.93. The van der Waals surface area contributed by atoms with E-state index in [4.69, 9.17) is 11.1 Å². The van der Waals surface area contributed by atoms with Gasteiger partial charge in [0.15, 0.2) is 0 Å². The topological polar surface area (TPSA) is 66.0 Å². The van der Waals surface area contributed by atoms with Gasteiger partial charge in [0.1, 0.15) is 11.5 Å². The highest BCUT2D eigenvalue weighted by Crippen LogP contribution is 2.37. The van der Waals surface area contributed by atoms with E-state index in [0.717, 1.165) is 5.69 Å². The van der Waals surface area contributed by atoms with Gasteiger partial charge in [-0.2, -0.15) is 0 Å². The van der Waals surface area contributed by atoms with Crippen LogP contribution in [0.15, 0.2) is 18.3 Å². The van der Waals surface area contributed by atoms with E-state index in [9.17, 15) is 0 Å². The van der Waals surface area contributed by atoms with Gasteiger partial charge < -0.3 is 10.6 Å². The van der Waals surface area contributed by atoms with Gasteiger partial charge in [0.05, 0.1) is 0 Å². The number of nitrogen functional groups attached to an aromatic ring is 1. The Bertz CT molecular complexity index is 457. The van der Waals surface area contributed by atoms with E-state index in [2.05, 4.69) is 30.8 Å². The summed E-state index contributed by atoms with van der Waals surface area (Å²) < 4.78 is 0. The Morgan fingerprint density at radius 3 is 2.63 bits per heavy atom. The summed E-state index contributed by atoms with van der Waals surface area (Å²) >= 11 is 0. The second-order valence-corrected chi connectivity index (χ2v) is 6.32. The monoisotopic (exact) mass is 260 g/mol. The minimum Gasteiger partial charge on any atom is -0.382 e. The van der Waals surface area contributed by atoms with Gasteiger partial charge >= 0.3 is 0 Å². The summed E-state index contributed by atoms with van der Waals surface area (Å²) in [6, 6.07) is 4.48. The zero-order valence-corrected chi connectivity index (χ0v) is 12.1. The van der Waals surface area contributed by atoms with Crippen molar-refractivity contribution in [1.82, 2.24) is 4.98 Å². The molecule has 1 aliphatic carbocycles. The Labute approximate surface area is 115 Å². The number of nitrogens with zero attached hydrogens (tertiary/aromatic N) is 2. The molecule has 19 heavy (non-hydrogen) atoms. The molecule has 2 rings (SSSR count). The maximum absolute atomic E-state index is 7.47. The molecule has 0 spiro atoms. The van der Waals surface area contributed by atoms with E-state index < -0.39 is 0 Å². The van der Waals surface area contributed by atoms with E-state index in [0.29, 0.717) is 17.2 Å². The van der Waals surface area contributed by atoms with Crippen LogP contribution in [0.3, 0.4) is 0 Å². The number of hydrogen-bond donors (Lipinski definition) is 2. The Morgan fingerprint density at radius 1 is 1.42 bits per heavy atom. The van der Waals surface area contributed by atoms with Crippen molar-refractivity contribution in [2.75, 3.05) is 11.9 Å². The second-order valence-electron chi connectivity index (χ2n) is 6.32. The first-order valence-electron chi connectivity index (χ1n) is 6.92. The fraction of sp³-hybridized carbons (Fsp3) is 0.600. The molecule has 1 aromatic heterocycles. The fourth-order valence-corrected chi connectivity index (χ4v) is 2.77. The van der Waals surface area contributed by atoms with Crippen LogP contribution in [0.2, 0.25) is 0 Å². The fourth-order valence-electron chi connectivity index (χ4n) is 2.77. The molecule has 0 amide bonds. The van der Waals surface area contributed by atoms with Crippen LogP contribution in [-0.2, 0) is 0 Å². The summed E-state index contributed by atoms with van der Waals surface area (Å²) in [6.45, 7) is 4.70. The van der Waals surface area contributed by atoms with Crippen molar-refractivity contribution in [2.45, 2.75) is 45.6 Å². The second kappa shape index (κ2) is 5.19. The Hall–Kier alpha value is -1.58. The molecular weight excluding hydrogens is 236 g/mol. The number of aromatic nitrogens is 1. The quantitative estimate of drug-likeness (QED) is 0.648. The van der Waals surface area contributed by atoms with Crippen molar-refractivity contribution in [1.29, 1.82) is 5.41 Å². The van der Waals surface area contributed by atoms with E-state index in [1.54, 1.807) is 6.20 Å². The summed E-state index contributed by atoms with van der Waals surface area (Å²) in [4.78, 5) is 6.42. The molecular formula is C15H24N4. The normalized spacial score (nSPS) is 19.1. The van der Waals surface area contributed by atoms with Crippen molar-refractivity contribution in [3.63, 3.8) is 0 Å². The van der Waals surface area contributed by atoms with E-state index >= 15 is 0 Å². The summed E-state index contributed by atoms with van der Waals surface area (Å²) in [5.41, 5.74) is 7.64. The van der Waals surface area contributed by atoms with E-state index in [1.165, 1.54) is 25.7 Å². The molecule has 3 N–H and O–H groups in total. The van der Waals surface area contributed by atoms with Gasteiger partial charge in [-0.05, 0) is 43.2 Å². The predicted molar refractivity (Wildman–Crippen MR) is 79.7 cm³/mol. The maximum atomic E-state index is 7.47. The molecule has 104 valence electrons. The number of rotatable bonds is 3. The maximum Gasteiger partial charge on any atom is 0.141 e. The third-order valence-electron chi connectivity index (χ3n) is 4.28. The number of nitrogens with two attached hydrogens (primary N) is 1. The van der Waals surface area contributed by atoms with Gasteiger partial charge in [-0.3, -0.25) is 10.4 Å². The van der Waals surface area contributed by atoms with Crippen LogP contribution < -0.4 is 10.6 Å². The van der Waals surface area contributed by atoms with Crippen LogP contribution in [0.25, 0.3) is 0 Å². The average molecular weight is 260 g/mol. The summed E-state index contributed by atoms with van der Waals surface area (Å²) in [5.74, 6) is 0.0278. The molecule has 4 heteroatoms. The van der Waals surface area contributed by atoms with Crippen molar-refractivity contribution in [3.8, 4) is 0 Å². The van der Waals surface area contributed by atoms with Gasteiger partial charge in [-0.25, -0.2) is 0 Å². The molecule has 0 saturated heterocycles. The van der Waals surface area contributed by atoms with Crippen LogP contribution in [0.5, 0.6) is 0 Å². The first-order valence-corrected chi connectivity index (χ1v) is 6.92. The molecule has 0 aromatic carbocycles. The van der Waals surface area contributed by atoms with Crippen molar-refractivity contribution in [3.05, 3.63) is 24.0 Å². The number of hydrogen-bond acceptors (Lipinski definition) is 3. The predicted octanol–water partition coefficient (Wildman–Crippen LogP) is 2.77. The van der Waals surface area contributed by atoms with E-state index in [-0.39, 0.29) is 5.84 Å². The first-order chi connectivity index (χ1) is 8.89. The molecule has 1 aliphatic rings. The van der Waals surface area contributed by atoms with Crippen LogP contribution in [0.1, 0.15) is 45.2 Å². The van der Waals surface area contributed by atoms with Crippen molar-refractivity contribution < 1.29 is 0 Å². The third-order valence-corrected chi connectivity index (χ3v) is 4.28. The van der Waals surface area contributed by atoms with E-state index in [1.807, 2.05) is 12.1 Å². The lowest BCUT2D eigenvalue weighted by molar-refractivity contribution is 0.222. The largest absolute Gasteiger partial charge is 0.382 e. The first kappa shape index (κ1) is 13.8. The zero-order chi connectivity index (χ0) is 14.0. The van der Waals surface area contributed by atoms with Crippen LogP contribution in [0.4, 0.5) is 5.69 Å². The van der Waals surface area contributed by atoms with Gasteiger partial charge in [-0.1, -0.05) is 13.8 Å². The summed E-state index contributed by atoms with van der Waals surface area (Å²) in [5, 5.41) is 7.47. The Morgan fingerprint density at radius 2 is 2.05 bits per heavy atom. The van der Waals surface area contributed by atoms with Gasteiger partial charge in [0.2, 0.25) is 0 Å². The van der Waals surface area contributed by atoms with Crippen LogP contribution in [0, 0.1) is 10.8 Å². The highest BCUT2D eigenvalue weighted by Gasteiger charge is 2.29. The molecule has 1 heterocycles. The highest BCUT2D eigenvalue weighted by atomic mass is 15.1. The molecule has 0 unspecified atom stereocenters. The molecule has 0 bridgehead atoms. The van der Waals surface area contributed by atoms with Gasteiger partial charge in [0.25, 0.3) is 0 Å². The number of anilines is 1. The van der Waals surface area contributed by atoms with Gasteiger partial charge in [0, 0.05) is 25.0 Å². The number of amidine groups is 1. The van der Waals surface area contributed by atoms with Crippen molar-refractivity contribution in [2.24, 2.45) is 11.1 Å². The minimum absolute atomic E-state index is 0.0278. The molecule has 0 atom stereocenters. The van der Waals surface area contributed by atoms with Crippen molar-refractivity contribution >= 4 is 11.5 Å². The van der Waals surface area contributed by atoms with Crippen LogP contribution >= 0.6 is 0 Å². The average Bonchev–Trinajstić information content (AvgIpc) is 2.38. The Kier molecular flexibility index (Phi) is 3.78. The molecule has 0 aliphatic heterocycles. The third kappa shape index (κ3) is 3.25.